The van der Waals surface area contributed by atoms with Crippen LogP contribution in [-0.4, -0.2) is 33.8 Å². The maximum atomic E-state index is 13.4. The Labute approximate surface area is 202 Å². The number of nitrogens with one attached hydrogen (secondary N) is 1. The van der Waals surface area contributed by atoms with Gasteiger partial charge < -0.3 is 15.2 Å². The van der Waals surface area contributed by atoms with Crippen molar-refractivity contribution < 1.29 is 19.4 Å². The molecule has 176 valence electrons. The average molecular weight is 469 g/mol. The molecule has 0 radical (unpaired) electrons. The summed E-state index contributed by atoms with van der Waals surface area (Å²) in [4.78, 5) is 24.3. The van der Waals surface area contributed by atoms with Gasteiger partial charge >= 0.3 is 5.97 Å². The Hall–Kier alpha value is -4.25. The zero-order chi connectivity index (χ0) is 24.4. The Morgan fingerprint density at radius 3 is 2.83 bits per heavy atom. The summed E-state index contributed by atoms with van der Waals surface area (Å²) in [7, 11) is 0. The number of benzene rings is 2. The first-order valence-electron chi connectivity index (χ1n) is 11.6. The van der Waals surface area contributed by atoms with Crippen LogP contribution in [0.25, 0.3) is 11.1 Å². The van der Waals surface area contributed by atoms with Gasteiger partial charge in [-0.05, 0) is 67.1 Å². The summed E-state index contributed by atoms with van der Waals surface area (Å²) in [6.45, 7) is 0.553. The number of amides is 1. The van der Waals surface area contributed by atoms with Crippen molar-refractivity contribution in [3.63, 3.8) is 0 Å². The molecule has 2 N–H and O–H groups in total. The molecular formula is C27H24N4O4. The summed E-state index contributed by atoms with van der Waals surface area (Å²) in [5.41, 5.74) is 4.54. The molecule has 2 aromatic carbocycles. The standard InChI is InChI=1S/C27H24N4O4/c28-15-17-4-5-18(2-1-3-25(32)33)23(12-17)31-26(34)22-14-27(22)9-11-35-24-7-6-19(13-21(24)27)20-8-10-29-30-16-20/h4-8,10,12-13,16,22H,1-3,9,11,14H2,(H,31,34)(H,32,33)/t22-,27?/m0/s1. The van der Waals surface area contributed by atoms with Crippen LogP contribution in [0.1, 0.15) is 42.4 Å². The fourth-order valence-corrected chi connectivity index (χ4v) is 5.02. The molecule has 8 nitrogen and oxygen atoms in total. The van der Waals surface area contributed by atoms with Gasteiger partial charge in [0, 0.05) is 34.6 Å². The molecule has 1 unspecified atom stereocenters. The number of carboxylic acid groups (broad SMARTS) is 1. The molecule has 0 saturated heterocycles. The van der Waals surface area contributed by atoms with Crippen LogP contribution in [0.4, 0.5) is 5.69 Å². The molecule has 35 heavy (non-hydrogen) atoms. The van der Waals surface area contributed by atoms with E-state index in [1.807, 2.05) is 18.2 Å². The SMILES string of the molecule is N#Cc1ccc(CCCC(=O)O)c(NC(=O)[C@@H]2CC23CCOc2ccc(-c4ccnnc4)cc23)c1. The second kappa shape index (κ2) is 9.18. The molecule has 8 heteroatoms. The number of carboxylic acids is 1. The van der Waals surface area contributed by atoms with Crippen LogP contribution in [0.3, 0.4) is 0 Å². The first kappa shape index (κ1) is 22.5. The van der Waals surface area contributed by atoms with Crippen molar-refractivity contribution in [1.29, 1.82) is 5.26 Å². The van der Waals surface area contributed by atoms with Crippen molar-refractivity contribution in [3.05, 3.63) is 71.5 Å². The lowest BCUT2D eigenvalue weighted by Crippen LogP contribution is -2.27. The quantitative estimate of drug-likeness (QED) is 0.535. The molecule has 1 saturated carbocycles. The minimum absolute atomic E-state index is 0.0469. The van der Waals surface area contributed by atoms with E-state index in [4.69, 9.17) is 9.84 Å². The number of anilines is 1. The number of aromatic nitrogens is 2. The highest BCUT2D eigenvalue weighted by Gasteiger charge is 2.61. The predicted octanol–water partition coefficient (Wildman–Crippen LogP) is 4.10. The van der Waals surface area contributed by atoms with Crippen molar-refractivity contribution in [2.45, 2.75) is 37.5 Å². The van der Waals surface area contributed by atoms with E-state index in [1.165, 1.54) is 0 Å². The van der Waals surface area contributed by atoms with Crippen LogP contribution in [-0.2, 0) is 21.4 Å². The van der Waals surface area contributed by atoms with Gasteiger partial charge in [-0.25, -0.2) is 0 Å². The van der Waals surface area contributed by atoms with Crippen LogP contribution in [0.5, 0.6) is 5.75 Å². The van der Waals surface area contributed by atoms with Crippen molar-refractivity contribution in [1.82, 2.24) is 10.2 Å². The third-order valence-electron chi connectivity index (χ3n) is 6.96. The summed E-state index contributed by atoms with van der Waals surface area (Å²) in [5, 5.41) is 29.1. The highest BCUT2D eigenvalue weighted by atomic mass is 16.5. The van der Waals surface area contributed by atoms with Crippen LogP contribution in [0.15, 0.2) is 54.9 Å². The second-order valence-electron chi connectivity index (χ2n) is 9.07. The molecule has 2 atom stereocenters. The Morgan fingerprint density at radius 1 is 1.17 bits per heavy atom. The average Bonchev–Trinajstić information content (AvgIpc) is 3.60. The van der Waals surface area contributed by atoms with Crippen molar-refractivity contribution in [2.75, 3.05) is 11.9 Å². The molecular weight excluding hydrogens is 444 g/mol. The zero-order valence-electron chi connectivity index (χ0n) is 19.0. The fourth-order valence-electron chi connectivity index (χ4n) is 5.02. The summed E-state index contributed by atoms with van der Waals surface area (Å²) in [5.74, 6) is -0.362. The molecule has 1 aliphatic carbocycles. The van der Waals surface area contributed by atoms with Crippen molar-refractivity contribution in [3.8, 4) is 22.9 Å². The lowest BCUT2D eigenvalue weighted by molar-refractivity contribution is -0.137. The minimum Gasteiger partial charge on any atom is -0.493 e. The number of carbonyl (C=O) groups excluding carboxylic acids is 1. The Kier molecular flexibility index (Phi) is 5.91. The molecule has 1 fully saturated rings. The smallest absolute Gasteiger partial charge is 0.303 e. The topological polar surface area (TPSA) is 125 Å². The van der Waals surface area contributed by atoms with E-state index in [1.54, 1.807) is 30.6 Å². The largest absolute Gasteiger partial charge is 0.493 e. The van der Waals surface area contributed by atoms with Gasteiger partial charge in [0.25, 0.3) is 0 Å². The number of fused-ring (bicyclic) bond motifs is 2. The lowest BCUT2D eigenvalue weighted by atomic mass is 9.85. The van der Waals surface area contributed by atoms with Gasteiger partial charge in [0.1, 0.15) is 5.75 Å². The van der Waals surface area contributed by atoms with Crippen molar-refractivity contribution >= 4 is 17.6 Å². The summed E-state index contributed by atoms with van der Waals surface area (Å²) < 4.78 is 5.91. The number of hydrogen-bond donors (Lipinski definition) is 2. The number of nitriles is 1. The van der Waals surface area contributed by atoms with Gasteiger partial charge in [0.2, 0.25) is 5.91 Å². The maximum absolute atomic E-state index is 13.4. The monoisotopic (exact) mass is 468 g/mol. The van der Waals surface area contributed by atoms with Crippen LogP contribution in [0, 0.1) is 17.2 Å². The second-order valence-corrected chi connectivity index (χ2v) is 9.07. The highest BCUT2D eigenvalue weighted by molar-refractivity contribution is 5.97. The molecule has 2 heterocycles. The van der Waals surface area contributed by atoms with Crippen LogP contribution in [0.2, 0.25) is 0 Å². The summed E-state index contributed by atoms with van der Waals surface area (Å²) in [6.07, 6.45) is 5.84. The van der Waals surface area contributed by atoms with E-state index in [0.717, 1.165) is 40.8 Å². The summed E-state index contributed by atoms with van der Waals surface area (Å²) >= 11 is 0. The molecule has 1 aliphatic heterocycles. The predicted molar refractivity (Wildman–Crippen MR) is 128 cm³/mol. The number of aryl methyl sites for hydroxylation is 1. The number of ether oxygens (including phenoxy) is 1. The van der Waals surface area contributed by atoms with Gasteiger partial charge in [-0.2, -0.15) is 15.5 Å². The van der Waals surface area contributed by atoms with Gasteiger partial charge in [0.15, 0.2) is 0 Å². The van der Waals surface area contributed by atoms with Gasteiger partial charge in [-0.3, -0.25) is 9.59 Å². The minimum atomic E-state index is -0.857. The van der Waals surface area contributed by atoms with Gasteiger partial charge in [-0.15, -0.1) is 0 Å². The Bertz CT molecular complexity index is 1330. The number of hydrogen-bond acceptors (Lipinski definition) is 6. The van der Waals surface area contributed by atoms with Gasteiger partial charge in [0.05, 0.1) is 30.6 Å². The van der Waals surface area contributed by atoms with Crippen molar-refractivity contribution in [2.24, 2.45) is 5.92 Å². The fraction of sp³-hybridized carbons (Fsp3) is 0.296. The van der Waals surface area contributed by atoms with E-state index in [9.17, 15) is 14.9 Å². The molecule has 3 aromatic rings. The van der Waals surface area contributed by atoms with E-state index in [2.05, 4.69) is 27.6 Å². The molecule has 5 rings (SSSR count). The molecule has 0 bridgehead atoms. The normalized spacial score (nSPS) is 19.8. The van der Waals surface area contributed by atoms with E-state index in [0.29, 0.717) is 30.7 Å². The molecule has 1 aromatic heterocycles. The number of rotatable bonds is 7. The molecule has 1 spiro atoms. The zero-order valence-corrected chi connectivity index (χ0v) is 19.0. The highest BCUT2D eigenvalue weighted by Crippen LogP contribution is 2.61. The number of carbonyl (C=O) groups is 2. The first-order chi connectivity index (χ1) is 17.0. The summed E-state index contributed by atoms with van der Waals surface area (Å²) in [6, 6.07) is 15.2. The number of aliphatic carboxylic acids is 1. The van der Waals surface area contributed by atoms with Crippen LogP contribution >= 0.6 is 0 Å². The van der Waals surface area contributed by atoms with E-state index >= 15 is 0 Å². The third kappa shape index (κ3) is 4.45. The lowest BCUT2D eigenvalue weighted by Gasteiger charge is -2.27. The van der Waals surface area contributed by atoms with Gasteiger partial charge in [-0.1, -0.05) is 12.1 Å². The molecule has 2 aliphatic rings. The Balaban J connectivity index is 1.38. The number of nitrogens with zero attached hydrogens (tertiary/aromatic N) is 3. The Morgan fingerprint density at radius 2 is 2.06 bits per heavy atom. The third-order valence-corrected chi connectivity index (χ3v) is 6.96. The molecule has 1 amide bonds. The van der Waals surface area contributed by atoms with E-state index in [-0.39, 0.29) is 23.7 Å². The van der Waals surface area contributed by atoms with E-state index < -0.39 is 5.97 Å². The first-order valence-corrected chi connectivity index (χ1v) is 11.6. The maximum Gasteiger partial charge on any atom is 0.303 e. The van der Waals surface area contributed by atoms with Crippen LogP contribution < -0.4 is 10.1 Å².